The van der Waals surface area contributed by atoms with Crippen molar-refractivity contribution in [3.63, 3.8) is 0 Å². The monoisotopic (exact) mass is 524 g/mol. The van der Waals surface area contributed by atoms with Gasteiger partial charge in [-0.25, -0.2) is 4.98 Å². The van der Waals surface area contributed by atoms with Crippen molar-refractivity contribution >= 4 is 16.9 Å². The number of hydrogen-bond acceptors (Lipinski definition) is 7. The molecule has 0 spiro atoms. The molecule has 9 nitrogen and oxygen atoms in total. The van der Waals surface area contributed by atoms with Gasteiger partial charge in [0.1, 0.15) is 11.5 Å². The predicted molar refractivity (Wildman–Crippen MR) is 149 cm³/mol. The quantitative estimate of drug-likeness (QED) is 0.271. The molecule has 0 atom stereocenters. The number of aromatic nitrogens is 3. The molecule has 5 rings (SSSR count). The number of carbonyl (C=O) groups is 1. The van der Waals surface area contributed by atoms with E-state index in [-0.39, 0.29) is 5.91 Å². The van der Waals surface area contributed by atoms with Crippen LogP contribution in [0.25, 0.3) is 33.5 Å². The summed E-state index contributed by atoms with van der Waals surface area (Å²) in [4.78, 5) is 18.5. The van der Waals surface area contributed by atoms with Gasteiger partial charge in [-0.05, 0) is 66.2 Å². The van der Waals surface area contributed by atoms with Crippen LogP contribution >= 0.6 is 0 Å². The Morgan fingerprint density at radius 2 is 1.41 bits per heavy atom. The van der Waals surface area contributed by atoms with Crippen LogP contribution in [-0.4, -0.2) is 49.5 Å². The summed E-state index contributed by atoms with van der Waals surface area (Å²) in [6.45, 7) is 0.341. The average molecular weight is 525 g/mol. The van der Waals surface area contributed by atoms with Gasteiger partial charge in [0.05, 0.1) is 50.8 Å². The van der Waals surface area contributed by atoms with Crippen LogP contribution in [-0.2, 0) is 6.54 Å². The van der Waals surface area contributed by atoms with Gasteiger partial charge in [-0.3, -0.25) is 9.89 Å². The number of nitrogens with zero attached hydrogens (tertiary/aromatic N) is 2. The molecule has 0 aliphatic heterocycles. The van der Waals surface area contributed by atoms with E-state index in [4.69, 9.17) is 23.9 Å². The van der Waals surface area contributed by atoms with Crippen LogP contribution in [0.2, 0.25) is 0 Å². The zero-order valence-corrected chi connectivity index (χ0v) is 22.1. The van der Waals surface area contributed by atoms with E-state index in [1.54, 1.807) is 40.6 Å². The molecule has 2 aromatic heterocycles. The lowest BCUT2D eigenvalue weighted by Crippen LogP contribution is -2.23. The third-order valence-corrected chi connectivity index (χ3v) is 6.44. The first-order chi connectivity index (χ1) is 19.0. The van der Waals surface area contributed by atoms with E-state index in [1.165, 1.54) is 0 Å². The lowest BCUT2D eigenvalue weighted by Gasteiger charge is -2.12. The summed E-state index contributed by atoms with van der Waals surface area (Å²) in [6, 6.07) is 22.3. The lowest BCUT2D eigenvalue weighted by atomic mass is 10.0. The van der Waals surface area contributed by atoms with Crippen molar-refractivity contribution in [1.82, 2.24) is 20.5 Å². The van der Waals surface area contributed by atoms with Crippen molar-refractivity contribution in [2.24, 2.45) is 0 Å². The summed E-state index contributed by atoms with van der Waals surface area (Å²) in [7, 11) is 6.39. The number of fused-ring (bicyclic) bond motifs is 1. The van der Waals surface area contributed by atoms with Crippen molar-refractivity contribution in [1.29, 1.82) is 0 Å². The molecule has 0 bridgehead atoms. The molecule has 2 heterocycles. The molecule has 0 saturated carbocycles. The molecule has 0 saturated heterocycles. The van der Waals surface area contributed by atoms with Gasteiger partial charge in [0.25, 0.3) is 5.91 Å². The van der Waals surface area contributed by atoms with Crippen LogP contribution in [0.1, 0.15) is 15.9 Å². The second-order valence-corrected chi connectivity index (χ2v) is 8.68. The molecular formula is C30H28N4O5. The zero-order chi connectivity index (χ0) is 27.4. The van der Waals surface area contributed by atoms with E-state index in [9.17, 15) is 4.79 Å². The Bertz CT molecular complexity index is 1610. The number of amides is 1. The average Bonchev–Trinajstić information content (AvgIpc) is 3.43. The third-order valence-electron chi connectivity index (χ3n) is 6.44. The molecule has 1 amide bonds. The van der Waals surface area contributed by atoms with Crippen molar-refractivity contribution in [3.05, 3.63) is 83.9 Å². The molecule has 0 aliphatic carbocycles. The SMILES string of the molecule is COc1ccc(CNC(=O)c2cc(-c3ccc(OC)c(OC)c3)nc3n[nH]c(-c4ccc(OC)cc4)c23)cc1. The number of carbonyl (C=O) groups excluding carboxylic acids is 1. The van der Waals surface area contributed by atoms with Crippen molar-refractivity contribution < 1.29 is 23.7 Å². The largest absolute Gasteiger partial charge is 0.497 e. The minimum Gasteiger partial charge on any atom is -0.497 e. The van der Waals surface area contributed by atoms with Crippen LogP contribution in [0.5, 0.6) is 23.0 Å². The van der Waals surface area contributed by atoms with Gasteiger partial charge in [-0.15, -0.1) is 0 Å². The number of methoxy groups -OCH3 is 4. The molecule has 3 aromatic carbocycles. The Morgan fingerprint density at radius 3 is 2.05 bits per heavy atom. The molecule has 0 aliphatic rings. The number of ether oxygens (including phenoxy) is 4. The number of rotatable bonds is 9. The standard InChI is InChI=1S/C30H28N4O5/c1-36-21-10-5-18(6-11-21)17-31-30(35)23-16-24(20-9-14-25(38-3)26(15-20)39-4)32-29-27(23)28(33-34-29)19-7-12-22(37-2)13-8-19/h5-16H,17H2,1-4H3,(H,31,35)(H,32,33,34). The number of benzene rings is 3. The van der Waals surface area contributed by atoms with Gasteiger partial charge in [-0.1, -0.05) is 12.1 Å². The fourth-order valence-electron chi connectivity index (χ4n) is 4.33. The first kappa shape index (κ1) is 25.6. The van der Waals surface area contributed by atoms with Crippen molar-refractivity contribution in [3.8, 4) is 45.5 Å². The van der Waals surface area contributed by atoms with Crippen LogP contribution in [0.3, 0.4) is 0 Å². The number of pyridine rings is 1. The zero-order valence-electron chi connectivity index (χ0n) is 22.1. The van der Waals surface area contributed by atoms with Gasteiger partial charge < -0.3 is 24.3 Å². The number of hydrogen-bond donors (Lipinski definition) is 2. The van der Waals surface area contributed by atoms with Gasteiger partial charge in [0, 0.05) is 17.7 Å². The summed E-state index contributed by atoms with van der Waals surface area (Å²) < 4.78 is 21.4. The highest BCUT2D eigenvalue weighted by atomic mass is 16.5. The Balaban J connectivity index is 1.58. The predicted octanol–water partition coefficient (Wildman–Crippen LogP) is 5.26. The first-order valence-electron chi connectivity index (χ1n) is 12.2. The Kier molecular flexibility index (Phi) is 7.31. The third kappa shape index (κ3) is 5.19. The molecular weight excluding hydrogens is 496 g/mol. The highest BCUT2D eigenvalue weighted by Crippen LogP contribution is 2.35. The summed E-state index contributed by atoms with van der Waals surface area (Å²) in [5.74, 6) is 2.39. The highest BCUT2D eigenvalue weighted by Gasteiger charge is 2.21. The summed E-state index contributed by atoms with van der Waals surface area (Å²) in [6.07, 6.45) is 0. The summed E-state index contributed by atoms with van der Waals surface area (Å²) in [5, 5.41) is 11.2. The summed E-state index contributed by atoms with van der Waals surface area (Å²) >= 11 is 0. The normalized spacial score (nSPS) is 10.8. The molecule has 198 valence electrons. The van der Waals surface area contributed by atoms with Gasteiger partial charge in [0.2, 0.25) is 0 Å². The molecule has 39 heavy (non-hydrogen) atoms. The Morgan fingerprint density at radius 1 is 0.769 bits per heavy atom. The van der Waals surface area contributed by atoms with Crippen LogP contribution < -0.4 is 24.3 Å². The van der Waals surface area contributed by atoms with E-state index in [2.05, 4.69) is 15.5 Å². The number of H-pyrrole nitrogens is 1. The Labute approximate surface area is 225 Å². The van der Waals surface area contributed by atoms with E-state index in [1.807, 2.05) is 60.7 Å². The first-order valence-corrected chi connectivity index (χ1v) is 12.2. The minimum absolute atomic E-state index is 0.254. The number of nitrogens with one attached hydrogen (secondary N) is 2. The lowest BCUT2D eigenvalue weighted by molar-refractivity contribution is 0.0952. The second kappa shape index (κ2) is 11.1. The minimum atomic E-state index is -0.254. The van der Waals surface area contributed by atoms with Gasteiger partial charge in [0.15, 0.2) is 17.1 Å². The van der Waals surface area contributed by atoms with Crippen LogP contribution in [0.15, 0.2) is 72.8 Å². The van der Waals surface area contributed by atoms with Gasteiger partial charge >= 0.3 is 0 Å². The fourth-order valence-corrected chi connectivity index (χ4v) is 4.33. The van der Waals surface area contributed by atoms with E-state index < -0.39 is 0 Å². The maximum absolute atomic E-state index is 13.7. The summed E-state index contributed by atoms with van der Waals surface area (Å²) in [5.41, 5.74) is 4.67. The van der Waals surface area contributed by atoms with Crippen molar-refractivity contribution in [2.45, 2.75) is 6.54 Å². The van der Waals surface area contributed by atoms with Crippen LogP contribution in [0, 0.1) is 0 Å². The fraction of sp³-hybridized carbons (Fsp3) is 0.167. The molecule has 5 aromatic rings. The number of aromatic amines is 1. The topological polar surface area (TPSA) is 108 Å². The highest BCUT2D eigenvalue weighted by molar-refractivity contribution is 6.11. The van der Waals surface area contributed by atoms with Crippen molar-refractivity contribution in [2.75, 3.05) is 28.4 Å². The molecule has 9 heteroatoms. The molecule has 2 N–H and O–H groups in total. The second-order valence-electron chi connectivity index (χ2n) is 8.68. The van der Waals surface area contributed by atoms with E-state index in [0.717, 1.165) is 28.2 Å². The van der Waals surface area contributed by atoms with E-state index >= 15 is 0 Å². The molecule has 0 radical (unpaired) electrons. The van der Waals surface area contributed by atoms with Gasteiger partial charge in [-0.2, -0.15) is 5.10 Å². The molecule has 0 unspecified atom stereocenters. The Hall–Kier alpha value is -5.05. The smallest absolute Gasteiger partial charge is 0.252 e. The van der Waals surface area contributed by atoms with Crippen LogP contribution in [0.4, 0.5) is 0 Å². The molecule has 0 fully saturated rings. The van der Waals surface area contributed by atoms with E-state index in [0.29, 0.717) is 46.0 Å². The maximum Gasteiger partial charge on any atom is 0.252 e. The maximum atomic E-state index is 13.7.